The molecule has 0 aliphatic heterocycles. The largest absolute Gasteiger partial charge is 0.496 e. The predicted octanol–water partition coefficient (Wildman–Crippen LogP) is 0.441. The van der Waals surface area contributed by atoms with Crippen LogP contribution in [0.2, 0.25) is 0 Å². The average molecular weight is 316 g/mol. The second-order valence-corrected chi connectivity index (χ2v) is 5.86. The number of carbonyl (C=O) groups is 1. The normalized spacial score (nSPS) is 11.1. The molecule has 0 spiro atoms. The molecule has 0 radical (unpaired) electrons. The second kappa shape index (κ2) is 5.38. The van der Waals surface area contributed by atoms with Gasteiger partial charge in [0.05, 0.1) is 12.0 Å². The van der Waals surface area contributed by atoms with Crippen LogP contribution in [0.1, 0.15) is 10.4 Å². The van der Waals surface area contributed by atoms with Crippen LogP contribution in [0.4, 0.5) is 5.13 Å². The lowest BCUT2D eigenvalue weighted by Gasteiger charge is -2.08. The van der Waals surface area contributed by atoms with E-state index in [9.17, 15) is 13.2 Å². The molecular weight excluding hydrogens is 308 g/mol. The summed E-state index contributed by atoms with van der Waals surface area (Å²) in [6, 6.07) is 3.48. The number of rotatable bonds is 5. The van der Waals surface area contributed by atoms with Crippen molar-refractivity contribution in [2.75, 3.05) is 11.8 Å². The van der Waals surface area contributed by atoms with Crippen LogP contribution < -0.4 is 9.46 Å². The quantitative estimate of drug-likeness (QED) is 0.812. The third-order valence-electron chi connectivity index (χ3n) is 2.23. The van der Waals surface area contributed by atoms with Gasteiger partial charge in [-0.2, -0.15) is 0 Å². The highest BCUT2D eigenvalue weighted by molar-refractivity contribution is 7.93. The van der Waals surface area contributed by atoms with Crippen molar-refractivity contribution in [2.45, 2.75) is 4.90 Å². The molecule has 0 amide bonds. The molecule has 0 aliphatic carbocycles. The van der Waals surface area contributed by atoms with Gasteiger partial charge in [0.15, 0.2) is 0 Å². The molecule has 0 fully saturated rings. The Bertz CT molecular complexity index is 729. The standard InChI is InChI=1S/C9H8N4O5S2/c1-18-7-3-2-5(4-6(7)8(14)15)20(16,17)11-9-10-12-13-19-9/h2-4H,1H3,(H,14,15)(H,10,11,13). The van der Waals surface area contributed by atoms with Gasteiger partial charge in [-0.05, 0) is 23.4 Å². The molecule has 0 saturated heterocycles. The number of nitrogens with one attached hydrogen (secondary N) is 1. The number of aromatic nitrogens is 3. The van der Waals surface area contributed by atoms with Crippen molar-refractivity contribution in [2.24, 2.45) is 0 Å². The minimum absolute atomic E-state index is 0.0160. The second-order valence-electron chi connectivity index (χ2n) is 3.44. The van der Waals surface area contributed by atoms with Crippen molar-refractivity contribution in [3.8, 4) is 5.75 Å². The predicted molar refractivity (Wildman–Crippen MR) is 68.5 cm³/mol. The number of carboxylic acid groups (broad SMARTS) is 1. The monoisotopic (exact) mass is 316 g/mol. The van der Waals surface area contributed by atoms with Crippen LogP contribution in [0.25, 0.3) is 0 Å². The number of nitrogens with zero attached hydrogens (tertiary/aromatic N) is 3. The summed E-state index contributed by atoms with van der Waals surface area (Å²) in [6.45, 7) is 0. The highest BCUT2D eigenvalue weighted by Crippen LogP contribution is 2.24. The molecule has 1 aromatic carbocycles. The SMILES string of the molecule is COc1ccc(S(=O)(=O)Nc2nnns2)cc1C(=O)O. The maximum Gasteiger partial charge on any atom is 0.339 e. The minimum atomic E-state index is -3.97. The third-order valence-corrected chi connectivity index (χ3v) is 4.21. The topological polar surface area (TPSA) is 131 Å². The molecule has 106 valence electrons. The smallest absolute Gasteiger partial charge is 0.339 e. The highest BCUT2D eigenvalue weighted by Gasteiger charge is 2.20. The summed E-state index contributed by atoms with van der Waals surface area (Å²) in [4.78, 5) is 10.8. The Hall–Kier alpha value is -2.27. The van der Waals surface area contributed by atoms with Crippen LogP contribution in [-0.2, 0) is 10.0 Å². The molecule has 9 nitrogen and oxygen atoms in total. The lowest BCUT2D eigenvalue weighted by atomic mass is 10.2. The highest BCUT2D eigenvalue weighted by atomic mass is 32.2. The zero-order chi connectivity index (χ0) is 14.8. The fourth-order valence-electron chi connectivity index (χ4n) is 1.37. The first kappa shape index (κ1) is 14.1. The summed E-state index contributed by atoms with van der Waals surface area (Å²) in [5.41, 5.74) is -0.259. The fraction of sp³-hybridized carbons (Fsp3) is 0.111. The number of anilines is 1. The number of methoxy groups -OCH3 is 1. The zero-order valence-corrected chi connectivity index (χ0v) is 11.6. The van der Waals surface area contributed by atoms with Crippen LogP contribution in [0.5, 0.6) is 5.75 Å². The molecule has 1 aromatic heterocycles. The van der Waals surface area contributed by atoms with Gasteiger partial charge in [-0.15, -0.1) is 0 Å². The Balaban J connectivity index is 2.42. The first-order chi connectivity index (χ1) is 9.44. The molecule has 2 N–H and O–H groups in total. The molecule has 0 aliphatic rings. The number of aromatic carboxylic acids is 1. The van der Waals surface area contributed by atoms with Crippen molar-refractivity contribution in [3.63, 3.8) is 0 Å². The zero-order valence-electron chi connectivity index (χ0n) is 9.97. The maximum absolute atomic E-state index is 12.0. The summed E-state index contributed by atoms with van der Waals surface area (Å²) < 4.78 is 34.5. The first-order valence-corrected chi connectivity index (χ1v) is 7.29. The lowest BCUT2D eigenvalue weighted by Crippen LogP contribution is -2.14. The van der Waals surface area contributed by atoms with Gasteiger partial charge in [-0.1, -0.05) is 9.59 Å². The number of ether oxygens (including phenoxy) is 1. The van der Waals surface area contributed by atoms with Gasteiger partial charge >= 0.3 is 5.97 Å². The molecule has 0 atom stereocenters. The van der Waals surface area contributed by atoms with Crippen LogP contribution in [0.15, 0.2) is 23.1 Å². The molecule has 0 unspecified atom stereocenters. The van der Waals surface area contributed by atoms with E-state index in [1.807, 2.05) is 0 Å². The number of carboxylic acids is 1. The van der Waals surface area contributed by atoms with Gasteiger partial charge in [-0.25, -0.2) is 13.2 Å². The lowest BCUT2D eigenvalue weighted by molar-refractivity contribution is 0.0693. The van der Waals surface area contributed by atoms with E-state index in [0.717, 1.165) is 17.6 Å². The number of benzene rings is 1. The Labute approximate surface area is 117 Å². The summed E-state index contributed by atoms with van der Waals surface area (Å²) in [5.74, 6) is -1.23. The van der Waals surface area contributed by atoms with E-state index in [-0.39, 0.29) is 21.3 Å². The van der Waals surface area contributed by atoms with Crippen molar-refractivity contribution in [1.82, 2.24) is 14.8 Å². The van der Waals surface area contributed by atoms with Crippen LogP contribution in [-0.4, -0.2) is 41.4 Å². The van der Waals surface area contributed by atoms with E-state index in [1.54, 1.807) is 0 Å². The molecule has 2 rings (SSSR count). The van der Waals surface area contributed by atoms with E-state index in [2.05, 4.69) is 19.5 Å². The Morgan fingerprint density at radius 2 is 2.20 bits per heavy atom. The van der Waals surface area contributed by atoms with Crippen molar-refractivity contribution in [3.05, 3.63) is 23.8 Å². The van der Waals surface area contributed by atoms with Crippen LogP contribution in [0.3, 0.4) is 0 Å². The Morgan fingerprint density at radius 3 is 2.75 bits per heavy atom. The van der Waals surface area contributed by atoms with Gasteiger partial charge in [0.25, 0.3) is 10.0 Å². The van der Waals surface area contributed by atoms with Gasteiger partial charge < -0.3 is 9.84 Å². The van der Waals surface area contributed by atoms with Crippen LogP contribution in [0, 0.1) is 0 Å². The molecular formula is C9H8N4O5S2. The van der Waals surface area contributed by atoms with Gasteiger partial charge in [0, 0.05) is 11.5 Å². The van der Waals surface area contributed by atoms with Crippen LogP contribution >= 0.6 is 11.5 Å². The van der Waals surface area contributed by atoms with E-state index in [0.29, 0.717) is 0 Å². The molecule has 0 saturated carbocycles. The van der Waals surface area contributed by atoms with Gasteiger partial charge in [-0.3, -0.25) is 4.72 Å². The number of hydrogen-bond acceptors (Lipinski definition) is 8. The van der Waals surface area contributed by atoms with E-state index in [4.69, 9.17) is 9.84 Å². The minimum Gasteiger partial charge on any atom is -0.496 e. The van der Waals surface area contributed by atoms with Crippen molar-refractivity contribution in [1.29, 1.82) is 0 Å². The summed E-state index contributed by atoms with van der Waals surface area (Å²) >= 11 is 0.759. The first-order valence-electron chi connectivity index (χ1n) is 5.03. The molecule has 20 heavy (non-hydrogen) atoms. The summed E-state index contributed by atoms with van der Waals surface area (Å²) in [7, 11) is -2.67. The van der Waals surface area contributed by atoms with E-state index < -0.39 is 16.0 Å². The van der Waals surface area contributed by atoms with E-state index >= 15 is 0 Å². The Morgan fingerprint density at radius 1 is 1.45 bits per heavy atom. The fourth-order valence-corrected chi connectivity index (χ4v) is 2.98. The molecule has 2 aromatic rings. The third kappa shape index (κ3) is 2.83. The van der Waals surface area contributed by atoms with E-state index in [1.165, 1.54) is 19.2 Å². The maximum atomic E-state index is 12.0. The van der Waals surface area contributed by atoms with Gasteiger partial charge in [0.2, 0.25) is 5.13 Å². The average Bonchev–Trinajstić information content (AvgIpc) is 2.89. The summed E-state index contributed by atoms with van der Waals surface area (Å²) in [5, 5.41) is 15.7. The Kier molecular flexibility index (Phi) is 3.81. The van der Waals surface area contributed by atoms with Crippen molar-refractivity contribution >= 4 is 32.7 Å². The van der Waals surface area contributed by atoms with Crippen molar-refractivity contribution < 1.29 is 23.1 Å². The summed E-state index contributed by atoms with van der Waals surface area (Å²) in [6.07, 6.45) is 0. The molecule has 1 heterocycles. The number of sulfonamides is 1. The molecule has 11 heteroatoms. The number of hydrogen-bond donors (Lipinski definition) is 2. The van der Waals surface area contributed by atoms with Gasteiger partial charge in [0.1, 0.15) is 11.3 Å². The molecule has 0 bridgehead atoms.